The number of thiazole rings is 1. The summed E-state index contributed by atoms with van der Waals surface area (Å²) >= 11 is 1.73. The van der Waals surface area contributed by atoms with Crippen LogP contribution in [0.25, 0.3) is 0 Å². The van der Waals surface area contributed by atoms with Gasteiger partial charge < -0.3 is 10.1 Å². The smallest absolute Gasteiger partial charge is 0.0940 e. The van der Waals surface area contributed by atoms with Gasteiger partial charge in [0.2, 0.25) is 0 Å². The van der Waals surface area contributed by atoms with Crippen molar-refractivity contribution in [3.63, 3.8) is 0 Å². The molecule has 74 valence electrons. The van der Waals surface area contributed by atoms with E-state index in [4.69, 9.17) is 4.74 Å². The third-order valence-corrected chi connectivity index (χ3v) is 2.69. The summed E-state index contributed by atoms with van der Waals surface area (Å²) in [7, 11) is 1.71. The lowest BCUT2D eigenvalue weighted by Crippen LogP contribution is -2.21. The van der Waals surface area contributed by atoms with Crippen molar-refractivity contribution in [3.8, 4) is 0 Å². The van der Waals surface area contributed by atoms with Crippen molar-refractivity contribution < 1.29 is 4.74 Å². The lowest BCUT2D eigenvalue weighted by Gasteiger charge is -2.01. The first-order valence-electron chi connectivity index (χ1n) is 4.43. The molecule has 0 saturated carbocycles. The van der Waals surface area contributed by atoms with E-state index in [1.165, 1.54) is 5.01 Å². The second-order valence-electron chi connectivity index (χ2n) is 2.88. The van der Waals surface area contributed by atoms with E-state index >= 15 is 0 Å². The summed E-state index contributed by atoms with van der Waals surface area (Å²) in [4.78, 5) is 4.38. The van der Waals surface area contributed by atoms with Crippen molar-refractivity contribution in [1.82, 2.24) is 10.3 Å². The van der Waals surface area contributed by atoms with Crippen LogP contribution in [0.3, 0.4) is 0 Å². The molecule has 0 aliphatic heterocycles. The van der Waals surface area contributed by atoms with E-state index in [2.05, 4.69) is 15.7 Å². The van der Waals surface area contributed by atoms with Crippen LogP contribution in [0.15, 0.2) is 5.38 Å². The van der Waals surface area contributed by atoms with Gasteiger partial charge in [-0.3, -0.25) is 0 Å². The topological polar surface area (TPSA) is 34.1 Å². The summed E-state index contributed by atoms with van der Waals surface area (Å²) in [5.74, 6) is 0. The first-order valence-corrected chi connectivity index (χ1v) is 5.31. The van der Waals surface area contributed by atoms with Gasteiger partial charge >= 0.3 is 0 Å². The molecular weight excluding hydrogens is 184 g/mol. The van der Waals surface area contributed by atoms with E-state index in [0.29, 0.717) is 0 Å². The highest BCUT2D eigenvalue weighted by atomic mass is 32.1. The number of hydrogen-bond acceptors (Lipinski definition) is 4. The minimum atomic E-state index is 0.775. The summed E-state index contributed by atoms with van der Waals surface area (Å²) in [5.41, 5.74) is 1.12. The average molecular weight is 200 g/mol. The second-order valence-corrected chi connectivity index (χ2v) is 3.82. The van der Waals surface area contributed by atoms with E-state index < -0.39 is 0 Å². The fourth-order valence-corrected chi connectivity index (χ4v) is 1.79. The van der Waals surface area contributed by atoms with Gasteiger partial charge in [0, 0.05) is 37.7 Å². The van der Waals surface area contributed by atoms with Gasteiger partial charge in [-0.05, 0) is 6.92 Å². The maximum atomic E-state index is 4.92. The average Bonchev–Trinajstić information content (AvgIpc) is 2.51. The van der Waals surface area contributed by atoms with Crippen LogP contribution in [0.4, 0.5) is 0 Å². The molecule has 0 spiro atoms. The monoisotopic (exact) mass is 200 g/mol. The largest absolute Gasteiger partial charge is 0.383 e. The Kier molecular flexibility index (Phi) is 4.97. The van der Waals surface area contributed by atoms with Gasteiger partial charge in [0.05, 0.1) is 11.6 Å². The van der Waals surface area contributed by atoms with Gasteiger partial charge in [-0.2, -0.15) is 0 Å². The fourth-order valence-electron chi connectivity index (χ4n) is 1.01. The molecule has 0 aliphatic rings. The van der Waals surface area contributed by atoms with Gasteiger partial charge in [-0.15, -0.1) is 11.3 Å². The van der Waals surface area contributed by atoms with Crippen LogP contribution in [-0.2, 0) is 11.2 Å². The predicted octanol–water partition coefficient (Wildman–Crippen LogP) is 1.23. The second kappa shape index (κ2) is 6.07. The van der Waals surface area contributed by atoms with Crippen molar-refractivity contribution in [1.29, 1.82) is 0 Å². The highest BCUT2D eigenvalue weighted by Gasteiger charge is 1.97. The molecular formula is C9H16N2OS. The van der Waals surface area contributed by atoms with Crippen LogP contribution in [0, 0.1) is 6.92 Å². The molecule has 0 atom stereocenters. The van der Waals surface area contributed by atoms with Crippen LogP contribution in [0.1, 0.15) is 10.7 Å². The summed E-state index contributed by atoms with van der Waals surface area (Å²) < 4.78 is 4.92. The van der Waals surface area contributed by atoms with Crippen molar-refractivity contribution in [2.75, 3.05) is 26.8 Å². The third kappa shape index (κ3) is 4.36. The Bertz CT molecular complexity index is 237. The minimum absolute atomic E-state index is 0.775. The molecule has 0 unspecified atom stereocenters. The van der Waals surface area contributed by atoms with E-state index in [1.54, 1.807) is 18.4 Å². The van der Waals surface area contributed by atoms with Crippen LogP contribution in [0.5, 0.6) is 0 Å². The molecule has 13 heavy (non-hydrogen) atoms. The van der Waals surface area contributed by atoms with Crippen LogP contribution in [0.2, 0.25) is 0 Å². The van der Waals surface area contributed by atoms with Crippen LogP contribution < -0.4 is 5.32 Å². The first kappa shape index (κ1) is 10.6. The summed E-state index contributed by atoms with van der Waals surface area (Å²) in [5, 5.41) is 6.58. The molecule has 3 nitrogen and oxygen atoms in total. The molecule has 0 radical (unpaired) electrons. The molecule has 1 heterocycles. The molecule has 0 fully saturated rings. The van der Waals surface area contributed by atoms with E-state index in [9.17, 15) is 0 Å². The van der Waals surface area contributed by atoms with E-state index in [0.717, 1.165) is 31.8 Å². The summed E-state index contributed by atoms with van der Waals surface area (Å²) in [6.45, 7) is 4.70. The maximum absolute atomic E-state index is 4.92. The Morgan fingerprint density at radius 1 is 1.54 bits per heavy atom. The normalized spacial score (nSPS) is 10.6. The lowest BCUT2D eigenvalue weighted by atomic mass is 10.4. The number of aromatic nitrogens is 1. The number of rotatable bonds is 6. The van der Waals surface area contributed by atoms with Crippen molar-refractivity contribution in [3.05, 3.63) is 16.1 Å². The van der Waals surface area contributed by atoms with Crippen LogP contribution in [-0.4, -0.2) is 31.8 Å². The molecule has 0 aliphatic carbocycles. The van der Waals surface area contributed by atoms with Gasteiger partial charge in [0.15, 0.2) is 0 Å². The van der Waals surface area contributed by atoms with E-state index in [-0.39, 0.29) is 0 Å². The molecule has 0 saturated heterocycles. The minimum Gasteiger partial charge on any atom is -0.383 e. The van der Waals surface area contributed by atoms with Crippen molar-refractivity contribution in [2.24, 2.45) is 0 Å². The maximum Gasteiger partial charge on any atom is 0.0940 e. The third-order valence-electron chi connectivity index (χ3n) is 1.67. The zero-order valence-electron chi connectivity index (χ0n) is 8.17. The van der Waals surface area contributed by atoms with Gasteiger partial charge in [-0.1, -0.05) is 0 Å². The Morgan fingerprint density at radius 2 is 2.38 bits per heavy atom. The molecule has 0 aromatic carbocycles. The Morgan fingerprint density at radius 3 is 3.00 bits per heavy atom. The van der Waals surface area contributed by atoms with Gasteiger partial charge in [0.1, 0.15) is 0 Å². The zero-order chi connectivity index (χ0) is 9.52. The van der Waals surface area contributed by atoms with Crippen molar-refractivity contribution in [2.45, 2.75) is 13.3 Å². The van der Waals surface area contributed by atoms with Crippen LogP contribution >= 0.6 is 11.3 Å². The number of aryl methyl sites for hydroxylation is 1. The highest BCUT2D eigenvalue weighted by molar-refractivity contribution is 7.09. The molecule has 1 rings (SSSR count). The molecule has 0 amide bonds. The van der Waals surface area contributed by atoms with Crippen molar-refractivity contribution >= 4 is 11.3 Å². The number of methoxy groups -OCH3 is 1. The predicted molar refractivity (Wildman–Crippen MR) is 55.3 cm³/mol. The molecule has 1 aromatic heterocycles. The Labute approximate surface area is 83.1 Å². The quantitative estimate of drug-likeness (QED) is 0.701. The number of nitrogens with one attached hydrogen (secondary N) is 1. The molecule has 0 bridgehead atoms. The standard InChI is InChI=1S/C9H16N2OS/c1-8-7-13-9(11-8)3-4-10-5-6-12-2/h7,10H,3-6H2,1-2H3. The molecule has 1 aromatic rings. The van der Waals surface area contributed by atoms with Gasteiger partial charge in [-0.25, -0.2) is 4.98 Å². The first-order chi connectivity index (χ1) is 6.33. The molecule has 1 N–H and O–H groups in total. The van der Waals surface area contributed by atoms with Gasteiger partial charge in [0.25, 0.3) is 0 Å². The highest BCUT2D eigenvalue weighted by Crippen LogP contribution is 2.08. The Balaban J connectivity index is 2.06. The number of ether oxygens (including phenoxy) is 1. The molecule has 4 heteroatoms. The lowest BCUT2D eigenvalue weighted by molar-refractivity contribution is 0.199. The fraction of sp³-hybridized carbons (Fsp3) is 0.667. The number of hydrogen-bond donors (Lipinski definition) is 1. The zero-order valence-corrected chi connectivity index (χ0v) is 8.99. The number of nitrogens with zero attached hydrogens (tertiary/aromatic N) is 1. The summed E-state index contributed by atoms with van der Waals surface area (Å²) in [6, 6.07) is 0. The summed E-state index contributed by atoms with van der Waals surface area (Å²) in [6.07, 6.45) is 1.02. The Hall–Kier alpha value is -0.450. The van der Waals surface area contributed by atoms with E-state index in [1.807, 2.05) is 6.92 Å². The SMILES string of the molecule is COCCNCCc1nc(C)cs1.